The topological polar surface area (TPSA) is 26.3 Å². The molecule has 0 amide bonds. The summed E-state index contributed by atoms with van der Waals surface area (Å²) in [5, 5.41) is 0.600. The normalized spacial score (nSPS) is 10.3. The fourth-order valence-corrected chi connectivity index (χ4v) is 2.02. The van der Waals surface area contributed by atoms with Crippen LogP contribution in [0.4, 0.5) is 4.39 Å². The van der Waals surface area contributed by atoms with Crippen LogP contribution in [0.25, 0.3) is 0 Å². The summed E-state index contributed by atoms with van der Waals surface area (Å²) in [5.74, 6) is -0.125. The van der Waals surface area contributed by atoms with Crippen LogP contribution in [0.1, 0.15) is 15.9 Å². The Kier molecular flexibility index (Phi) is 4.40. The van der Waals surface area contributed by atoms with E-state index in [0.717, 1.165) is 0 Å². The molecule has 0 aromatic heterocycles. The predicted octanol–water partition coefficient (Wildman–Crippen LogP) is 4.52. The SMILES string of the molecule is O=Cc1cccc(Cl)c1OCc1ccc(F)cc1Cl. The van der Waals surface area contributed by atoms with Crippen LogP contribution in [0.2, 0.25) is 10.0 Å². The first-order valence-electron chi connectivity index (χ1n) is 5.42. The van der Waals surface area contributed by atoms with Crippen LogP contribution >= 0.6 is 23.2 Å². The van der Waals surface area contributed by atoms with Gasteiger partial charge in [-0.3, -0.25) is 4.79 Å². The summed E-state index contributed by atoms with van der Waals surface area (Å²) < 4.78 is 18.4. The van der Waals surface area contributed by atoms with E-state index in [2.05, 4.69) is 0 Å². The fraction of sp³-hybridized carbons (Fsp3) is 0.0714. The van der Waals surface area contributed by atoms with E-state index in [1.807, 2.05) is 0 Å². The summed E-state index contributed by atoms with van der Waals surface area (Å²) in [4.78, 5) is 10.9. The van der Waals surface area contributed by atoms with Gasteiger partial charge in [-0.1, -0.05) is 35.3 Å². The molecule has 19 heavy (non-hydrogen) atoms. The molecule has 0 unspecified atom stereocenters. The molecule has 2 aromatic rings. The number of rotatable bonds is 4. The molecule has 0 saturated carbocycles. The number of hydrogen-bond donors (Lipinski definition) is 0. The van der Waals surface area contributed by atoms with Gasteiger partial charge in [0.15, 0.2) is 6.29 Å². The van der Waals surface area contributed by atoms with E-state index in [-0.39, 0.29) is 11.6 Å². The van der Waals surface area contributed by atoms with Crippen molar-refractivity contribution >= 4 is 29.5 Å². The van der Waals surface area contributed by atoms with Crippen molar-refractivity contribution in [3.05, 3.63) is 63.4 Å². The highest BCUT2D eigenvalue weighted by Gasteiger charge is 2.09. The van der Waals surface area contributed by atoms with E-state index >= 15 is 0 Å². The Bertz CT molecular complexity index is 614. The summed E-state index contributed by atoms with van der Waals surface area (Å²) >= 11 is 11.8. The first-order chi connectivity index (χ1) is 9.11. The van der Waals surface area contributed by atoms with Crippen LogP contribution in [0.5, 0.6) is 5.75 Å². The molecule has 2 aromatic carbocycles. The fourth-order valence-electron chi connectivity index (χ4n) is 1.56. The third-order valence-corrected chi connectivity index (χ3v) is 3.16. The maximum absolute atomic E-state index is 12.9. The molecular weight excluding hydrogens is 290 g/mol. The molecule has 2 rings (SSSR count). The molecule has 0 radical (unpaired) electrons. The molecule has 98 valence electrons. The standard InChI is InChI=1S/C14H9Cl2FO2/c15-12-3-1-2-9(7-18)14(12)19-8-10-4-5-11(17)6-13(10)16/h1-7H,8H2. The third kappa shape index (κ3) is 3.25. The van der Waals surface area contributed by atoms with E-state index in [4.69, 9.17) is 27.9 Å². The largest absolute Gasteiger partial charge is 0.487 e. The molecule has 0 heterocycles. The number of aldehydes is 1. The number of hydrogen-bond acceptors (Lipinski definition) is 2. The van der Waals surface area contributed by atoms with Crippen LogP contribution in [-0.4, -0.2) is 6.29 Å². The second-order valence-electron chi connectivity index (χ2n) is 3.80. The zero-order valence-corrected chi connectivity index (χ0v) is 11.2. The zero-order chi connectivity index (χ0) is 13.8. The second kappa shape index (κ2) is 6.04. The Balaban J connectivity index is 2.21. The molecular formula is C14H9Cl2FO2. The third-order valence-electron chi connectivity index (χ3n) is 2.51. The van der Waals surface area contributed by atoms with Crippen LogP contribution in [0.3, 0.4) is 0 Å². The van der Waals surface area contributed by atoms with Crippen molar-refractivity contribution in [2.24, 2.45) is 0 Å². The van der Waals surface area contributed by atoms with Gasteiger partial charge in [0.1, 0.15) is 18.2 Å². The van der Waals surface area contributed by atoms with Crippen molar-refractivity contribution in [3.8, 4) is 5.75 Å². The van der Waals surface area contributed by atoms with Crippen LogP contribution in [0, 0.1) is 5.82 Å². The Morgan fingerprint density at radius 1 is 1.16 bits per heavy atom. The first kappa shape index (κ1) is 13.8. The number of ether oxygens (including phenoxy) is 1. The average molecular weight is 299 g/mol. The second-order valence-corrected chi connectivity index (χ2v) is 4.61. The smallest absolute Gasteiger partial charge is 0.153 e. The van der Waals surface area contributed by atoms with Crippen LogP contribution in [0.15, 0.2) is 36.4 Å². The lowest BCUT2D eigenvalue weighted by atomic mass is 10.2. The Morgan fingerprint density at radius 3 is 2.63 bits per heavy atom. The van der Waals surface area contributed by atoms with Crippen LogP contribution in [-0.2, 0) is 6.61 Å². The lowest BCUT2D eigenvalue weighted by Crippen LogP contribution is -2.00. The molecule has 0 aliphatic heterocycles. The molecule has 0 spiro atoms. The van der Waals surface area contributed by atoms with E-state index in [0.29, 0.717) is 28.2 Å². The predicted molar refractivity (Wildman–Crippen MR) is 72.6 cm³/mol. The molecule has 0 saturated heterocycles. The Morgan fingerprint density at radius 2 is 1.95 bits per heavy atom. The molecule has 0 atom stereocenters. The lowest BCUT2D eigenvalue weighted by molar-refractivity contribution is 0.111. The van der Waals surface area contributed by atoms with Gasteiger partial charge in [0.25, 0.3) is 0 Å². The van der Waals surface area contributed by atoms with Gasteiger partial charge < -0.3 is 4.74 Å². The van der Waals surface area contributed by atoms with Crippen molar-refractivity contribution in [3.63, 3.8) is 0 Å². The van der Waals surface area contributed by atoms with Gasteiger partial charge in [-0.05, 0) is 24.3 Å². The Hall–Kier alpha value is -1.58. The van der Waals surface area contributed by atoms with Crippen molar-refractivity contribution in [2.75, 3.05) is 0 Å². The van der Waals surface area contributed by atoms with E-state index in [1.165, 1.54) is 18.2 Å². The van der Waals surface area contributed by atoms with Crippen molar-refractivity contribution < 1.29 is 13.9 Å². The van der Waals surface area contributed by atoms with E-state index in [9.17, 15) is 9.18 Å². The molecule has 0 N–H and O–H groups in total. The number of carbonyl (C=O) groups is 1. The summed E-state index contributed by atoms with van der Waals surface area (Å²) in [7, 11) is 0. The maximum atomic E-state index is 12.9. The summed E-state index contributed by atoms with van der Waals surface area (Å²) in [6, 6.07) is 8.89. The van der Waals surface area contributed by atoms with Gasteiger partial charge >= 0.3 is 0 Å². The minimum Gasteiger partial charge on any atom is -0.487 e. The maximum Gasteiger partial charge on any atom is 0.153 e. The van der Waals surface area contributed by atoms with E-state index < -0.39 is 5.82 Å². The van der Waals surface area contributed by atoms with Gasteiger partial charge in [0, 0.05) is 5.56 Å². The highest BCUT2D eigenvalue weighted by atomic mass is 35.5. The van der Waals surface area contributed by atoms with Gasteiger partial charge in [0.2, 0.25) is 0 Å². The number of benzene rings is 2. The van der Waals surface area contributed by atoms with Crippen molar-refractivity contribution in [1.29, 1.82) is 0 Å². The molecule has 0 aliphatic rings. The molecule has 5 heteroatoms. The summed E-state index contributed by atoms with van der Waals surface area (Å²) in [6.45, 7) is 0.101. The average Bonchev–Trinajstić information content (AvgIpc) is 2.39. The quantitative estimate of drug-likeness (QED) is 0.776. The van der Waals surface area contributed by atoms with E-state index in [1.54, 1.807) is 18.2 Å². The summed E-state index contributed by atoms with van der Waals surface area (Å²) in [6.07, 6.45) is 0.660. The van der Waals surface area contributed by atoms with Gasteiger partial charge in [-0.25, -0.2) is 4.39 Å². The lowest BCUT2D eigenvalue weighted by Gasteiger charge is -2.11. The Labute approximate surface area is 119 Å². The number of carbonyl (C=O) groups excluding carboxylic acids is 1. The van der Waals surface area contributed by atoms with Crippen molar-refractivity contribution in [2.45, 2.75) is 6.61 Å². The highest BCUT2D eigenvalue weighted by Crippen LogP contribution is 2.29. The molecule has 0 fully saturated rings. The van der Waals surface area contributed by atoms with Gasteiger partial charge in [-0.2, -0.15) is 0 Å². The van der Waals surface area contributed by atoms with Gasteiger partial charge in [0.05, 0.1) is 15.6 Å². The monoisotopic (exact) mass is 298 g/mol. The number of halogens is 3. The zero-order valence-electron chi connectivity index (χ0n) is 9.70. The molecule has 0 aliphatic carbocycles. The highest BCUT2D eigenvalue weighted by molar-refractivity contribution is 6.32. The first-order valence-corrected chi connectivity index (χ1v) is 6.18. The van der Waals surface area contributed by atoms with Crippen LogP contribution < -0.4 is 4.74 Å². The minimum absolute atomic E-state index is 0.101. The molecule has 0 bridgehead atoms. The number of para-hydroxylation sites is 1. The molecule has 2 nitrogen and oxygen atoms in total. The van der Waals surface area contributed by atoms with Crippen molar-refractivity contribution in [1.82, 2.24) is 0 Å². The van der Waals surface area contributed by atoms with Gasteiger partial charge in [-0.15, -0.1) is 0 Å². The summed E-state index contributed by atoms with van der Waals surface area (Å²) in [5.41, 5.74) is 0.963. The minimum atomic E-state index is -0.417.